The van der Waals surface area contributed by atoms with Gasteiger partial charge < -0.3 is 15.3 Å². The number of rotatable bonds is 3. The van der Waals surface area contributed by atoms with Gasteiger partial charge in [-0.3, -0.25) is 15.0 Å². The van der Waals surface area contributed by atoms with Crippen LogP contribution in [0.15, 0.2) is 73.4 Å². The molecule has 3 aromatic rings. The van der Waals surface area contributed by atoms with Gasteiger partial charge in [0.05, 0.1) is 25.5 Å². The van der Waals surface area contributed by atoms with Gasteiger partial charge in [-0.25, -0.2) is 0 Å². The van der Waals surface area contributed by atoms with Crippen molar-refractivity contribution in [3.8, 4) is 0 Å². The summed E-state index contributed by atoms with van der Waals surface area (Å²) in [6.07, 6.45) is 8.29. The Hall–Kier alpha value is -2.67. The fraction of sp³-hybridized carbons (Fsp3) is 0.167. The molecule has 6 heteroatoms. The first-order chi connectivity index (χ1) is 11.8. The third kappa shape index (κ3) is 8.70. The van der Waals surface area contributed by atoms with E-state index in [2.05, 4.69) is 15.0 Å². The van der Waals surface area contributed by atoms with Crippen LogP contribution in [0.4, 0.5) is 0 Å². The maximum absolute atomic E-state index is 8.51. The zero-order valence-electron chi connectivity index (χ0n) is 13.2. The van der Waals surface area contributed by atoms with E-state index in [9.17, 15) is 0 Å². The predicted molar refractivity (Wildman–Crippen MR) is 90.5 cm³/mol. The van der Waals surface area contributed by atoms with Crippen molar-refractivity contribution in [1.29, 1.82) is 0 Å². The van der Waals surface area contributed by atoms with E-state index >= 15 is 0 Å². The fourth-order valence-electron chi connectivity index (χ4n) is 1.47. The number of aromatic nitrogens is 3. The summed E-state index contributed by atoms with van der Waals surface area (Å²) in [5.74, 6) is 0. The zero-order chi connectivity index (χ0) is 17.5. The smallest absolute Gasteiger partial charge is 0.0852 e. The number of aliphatic hydroxyl groups is 3. The van der Waals surface area contributed by atoms with Gasteiger partial charge in [-0.15, -0.1) is 0 Å². The number of hydrogen-bond acceptors (Lipinski definition) is 6. The van der Waals surface area contributed by atoms with Crippen LogP contribution in [0.5, 0.6) is 0 Å². The molecule has 0 aliphatic heterocycles. The lowest BCUT2D eigenvalue weighted by Crippen LogP contribution is -1.84. The quantitative estimate of drug-likeness (QED) is 0.677. The van der Waals surface area contributed by atoms with E-state index in [0.29, 0.717) is 5.69 Å². The lowest BCUT2D eigenvalue weighted by atomic mass is 10.3. The first-order valence-corrected chi connectivity index (χ1v) is 7.30. The average molecular weight is 327 g/mol. The van der Waals surface area contributed by atoms with Gasteiger partial charge in [0, 0.05) is 31.0 Å². The van der Waals surface area contributed by atoms with E-state index in [1.54, 1.807) is 55.2 Å². The summed E-state index contributed by atoms with van der Waals surface area (Å²) in [4.78, 5) is 11.4. The molecule has 0 fully saturated rings. The lowest BCUT2D eigenvalue weighted by molar-refractivity contribution is 0.277. The van der Waals surface area contributed by atoms with Crippen molar-refractivity contribution < 1.29 is 15.3 Å². The molecule has 0 spiro atoms. The Morgan fingerprint density at radius 1 is 0.625 bits per heavy atom. The molecule has 6 nitrogen and oxygen atoms in total. The highest BCUT2D eigenvalue weighted by molar-refractivity contribution is 5.07. The molecule has 0 saturated carbocycles. The molecule has 3 heterocycles. The van der Waals surface area contributed by atoms with Gasteiger partial charge in [0.15, 0.2) is 0 Å². The molecule has 0 amide bonds. The number of aliphatic hydroxyl groups excluding tert-OH is 3. The van der Waals surface area contributed by atoms with E-state index in [-0.39, 0.29) is 19.8 Å². The van der Waals surface area contributed by atoms with Crippen LogP contribution in [-0.2, 0) is 19.8 Å². The minimum Gasteiger partial charge on any atom is -0.392 e. The molecule has 0 aromatic carbocycles. The molecule has 0 bridgehead atoms. The monoisotopic (exact) mass is 327 g/mol. The van der Waals surface area contributed by atoms with E-state index in [0.717, 1.165) is 11.1 Å². The van der Waals surface area contributed by atoms with Gasteiger partial charge in [0.2, 0.25) is 0 Å². The Bertz CT molecular complexity index is 544. The van der Waals surface area contributed by atoms with Crippen LogP contribution in [0.3, 0.4) is 0 Å². The zero-order valence-corrected chi connectivity index (χ0v) is 13.2. The summed E-state index contributed by atoms with van der Waals surface area (Å²) in [7, 11) is 0. The van der Waals surface area contributed by atoms with E-state index in [1.165, 1.54) is 0 Å². The molecule has 3 aromatic heterocycles. The minimum atomic E-state index is 0.0286. The maximum atomic E-state index is 8.51. The van der Waals surface area contributed by atoms with Gasteiger partial charge in [-0.2, -0.15) is 0 Å². The number of nitrogens with zero attached hydrogens (tertiary/aromatic N) is 3. The largest absolute Gasteiger partial charge is 0.392 e. The molecule has 3 rings (SSSR count). The third-order valence-electron chi connectivity index (χ3n) is 2.73. The first kappa shape index (κ1) is 19.4. The molecule has 126 valence electrons. The van der Waals surface area contributed by atoms with Crippen molar-refractivity contribution in [2.45, 2.75) is 19.8 Å². The highest BCUT2D eigenvalue weighted by Gasteiger charge is 1.83. The number of pyridine rings is 3. The molecule has 0 aliphatic rings. The van der Waals surface area contributed by atoms with Gasteiger partial charge in [0.1, 0.15) is 0 Å². The van der Waals surface area contributed by atoms with Gasteiger partial charge in [-0.05, 0) is 41.5 Å². The average Bonchev–Trinajstić information content (AvgIpc) is 2.71. The van der Waals surface area contributed by atoms with Crippen LogP contribution >= 0.6 is 0 Å². The second-order valence-electron chi connectivity index (χ2n) is 4.51. The van der Waals surface area contributed by atoms with Crippen molar-refractivity contribution in [2.75, 3.05) is 0 Å². The van der Waals surface area contributed by atoms with Crippen molar-refractivity contribution in [1.82, 2.24) is 15.0 Å². The van der Waals surface area contributed by atoms with Crippen molar-refractivity contribution in [3.05, 3.63) is 90.3 Å². The first-order valence-electron chi connectivity index (χ1n) is 7.30. The topological polar surface area (TPSA) is 99.4 Å². The summed E-state index contributed by atoms with van der Waals surface area (Å²) < 4.78 is 0. The Kier molecular flexibility index (Phi) is 10.4. The van der Waals surface area contributed by atoms with Crippen LogP contribution in [0.1, 0.15) is 16.8 Å². The van der Waals surface area contributed by atoms with Crippen LogP contribution in [0.25, 0.3) is 0 Å². The standard InChI is InChI=1S/3C6H7NO/c8-5-6-1-3-7-4-2-6;8-5-6-2-1-3-7-4-6;8-5-6-3-1-2-4-7-6/h3*1-4,8H,5H2. The van der Waals surface area contributed by atoms with Gasteiger partial charge in [-0.1, -0.05) is 12.1 Å². The third-order valence-corrected chi connectivity index (χ3v) is 2.73. The molecule has 0 radical (unpaired) electrons. The minimum absolute atomic E-state index is 0.0286. The van der Waals surface area contributed by atoms with Crippen LogP contribution < -0.4 is 0 Å². The Balaban J connectivity index is 0.000000180. The van der Waals surface area contributed by atoms with Crippen LogP contribution in [0, 0.1) is 0 Å². The SMILES string of the molecule is OCc1ccccn1.OCc1cccnc1.OCc1ccncc1. The predicted octanol–water partition coefficient (Wildman–Crippen LogP) is 1.72. The van der Waals surface area contributed by atoms with Crippen molar-refractivity contribution in [3.63, 3.8) is 0 Å². The van der Waals surface area contributed by atoms with Crippen molar-refractivity contribution >= 4 is 0 Å². The Morgan fingerprint density at radius 3 is 1.75 bits per heavy atom. The molecule has 24 heavy (non-hydrogen) atoms. The molecule has 0 unspecified atom stereocenters. The Labute approximate surface area is 141 Å². The summed E-state index contributed by atoms with van der Waals surface area (Å²) in [5.41, 5.74) is 2.47. The van der Waals surface area contributed by atoms with Crippen LogP contribution in [0.2, 0.25) is 0 Å². The fourth-order valence-corrected chi connectivity index (χ4v) is 1.47. The summed E-state index contributed by atoms with van der Waals surface area (Å²) >= 11 is 0. The highest BCUT2D eigenvalue weighted by Crippen LogP contribution is 1.93. The lowest BCUT2D eigenvalue weighted by Gasteiger charge is -1.88. The summed E-state index contributed by atoms with van der Waals surface area (Å²) in [6, 6.07) is 12.6. The Morgan fingerprint density at radius 2 is 1.38 bits per heavy atom. The molecular weight excluding hydrogens is 306 g/mol. The molecular formula is C18H21N3O3. The van der Waals surface area contributed by atoms with E-state index in [1.807, 2.05) is 18.2 Å². The second kappa shape index (κ2) is 12.8. The molecule has 0 aliphatic carbocycles. The summed E-state index contributed by atoms with van der Waals surface area (Å²) in [6.45, 7) is 0.206. The normalized spacial score (nSPS) is 9.12. The molecule has 0 saturated heterocycles. The maximum Gasteiger partial charge on any atom is 0.0852 e. The van der Waals surface area contributed by atoms with Gasteiger partial charge >= 0.3 is 0 Å². The van der Waals surface area contributed by atoms with Crippen molar-refractivity contribution in [2.24, 2.45) is 0 Å². The second-order valence-corrected chi connectivity index (χ2v) is 4.51. The van der Waals surface area contributed by atoms with E-state index in [4.69, 9.17) is 15.3 Å². The molecule has 3 N–H and O–H groups in total. The van der Waals surface area contributed by atoms with Crippen LogP contribution in [-0.4, -0.2) is 30.3 Å². The van der Waals surface area contributed by atoms with Gasteiger partial charge in [0.25, 0.3) is 0 Å². The van der Waals surface area contributed by atoms with E-state index < -0.39 is 0 Å². The number of hydrogen-bond donors (Lipinski definition) is 3. The highest BCUT2D eigenvalue weighted by atomic mass is 16.3. The summed E-state index contributed by atoms with van der Waals surface area (Å²) in [5, 5.41) is 25.5. The molecule has 0 atom stereocenters.